The van der Waals surface area contributed by atoms with Crippen LogP contribution in [0.3, 0.4) is 0 Å². The maximum absolute atomic E-state index is 9.59. The van der Waals surface area contributed by atoms with E-state index in [0.29, 0.717) is 6.04 Å². The van der Waals surface area contributed by atoms with Gasteiger partial charge in [-0.1, -0.05) is 30.3 Å². The van der Waals surface area contributed by atoms with Crippen LogP contribution in [0, 0.1) is 6.92 Å². The van der Waals surface area contributed by atoms with Gasteiger partial charge in [0.2, 0.25) is 0 Å². The summed E-state index contributed by atoms with van der Waals surface area (Å²) >= 11 is 0. The first-order valence-electron chi connectivity index (χ1n) is 10.1. The van der Waals surface area contributed by atoms with Crippen LogP contribution in [0.4, 0.5) is 0 Å². The number of aliphatic hydroxyl groups excluding tert-OH is 1. The molecule has 5 nitrogen and oxygen atoms in total. The monoisotopic (exact) mass is 376 g/mol. The Bertz CT molecular complexity index is 924. The summed E-state index contributed by atoms with van der Waals surface area (Å²) in [5, 5.41) is 10.8. The zero-order valence-corrected chi connectivity index (χ0v) is 16.5. The lowest BCUT2D eigenvalue weighted by Crippen LogP contribution is -2.52. The minimum atomic E-state index is 0.214. The summed E-state index contributed by atoms with van der Waals surface area (Å²) in [5.41, 5.74) is 4.53. The summed E-state index contributed by atoms with van der Waals surface area (Å²) in [5.74, 6) is 0. The van der Waals surface area contributed by atoms with Crippen molar-refractivity contribution in [1.29, 1.82) is 0 Å². The molecule has 1 aliphatic rings. The van der Waals surface area contributed by atoms with Gasteiger partial charge in [-0.05, 0) is 37.1 Å². The maximum atomic E-state index is 9.59. The van der Waals surface area contributed by atoms with E-state index in [1.807, 2.05) is 25.3 Å². The summed E-state index contributed by atoms with van der Waals surface area (Å²) < 4.78 is 0. The van der Waals surface area contributed by atoms with Gasteiger partial charge in [0.05, 0.1) is 11.2 Å². The predicted octanol–water partition coefficient (Wildman–Crippen LogP) is 3.01. The number of hydrogen-bond acceptors (Lipinski definition) is 5. The quantitative estimate of drug-likeness (QED) is 0.717. The van der Waals surface area contributed by atoms with Gasteiger partial charge in [-0.2, -0.15) is 0 Å². The fraction of sp³-hybridized carbons (Fsp3) is 0.391. The summed E-state index contributed by atoms with van der Waals surface area (Å²) in [6.45, 7) is 6.94. The second kappa shape index (κ2) is 8.78. The van der Waals surface area contributed by atoms with E-state index in [9.17, 15) is 5.11 Å². The minimum absolute atomic E-state index is 0.214. The Kier molecular flexibility index (Phi) is 5.95. The van der Waals surface area contributed by atoms with Gasteiger partial charge in [-0.3, -0.25) is 19.8 Å². The lowest BCUT2D eigenvalue weighted by Gasteiger charge is -2.41. The highest BCUT2D eigenvalue weighted by molar-refractivity contribution is 5.81. The molecule has 146 valence electrons. The molecule has 0 aliphatic carbocycles. The van der Waals surface area contributed by atoms with Crippen LogP contribution in [0.2, 0.25) is 0 Å². The first-order valence-corrected chi connectivity index (χ1v) is 10.1. The second-order valence-electron chi connectivity index (χ2n) is 7.63. The van der Waals surface area contributed by atoms with E-state index in [1.54, 1.807) is 0 Å². The van der Waals surface area contributed by atoms with Gasteiger partial charge in [0.25, 0.3) is 0 Å². The molecule has 3 aromatic rings. The van der Waals surface area contributed by atoms with Gasteiger partial charge in [-0.15, -0.1) is 0 Å². The molecule has 0 unspecified atom stereocenters. The molecule has 1 aromatic carbocycles. The zero-order chi connectivity index (χ0) is 19.3. The number of aromatic nitrogens is 2. The molecule has 1 N–H and O–H groups in total. The Morgan fingerprint density at radius 2 is 1.89 bits per heavy atom. The number of rotatable bonds is 6. The molecule has 0 spiro atoms. The van der Waals surface area contributed by atoms with Crippen LogP contribution in [-0.2, 0) is 13.1 Å². The van der Waals surface area contributed by atoms with Crippen LogP contribution in [0.15, 0.2) is 54.7 Å². The number of aryl methyl sites for hydroxylation is 1. The molecular formula is C23H28N4O. The van der Waals surface area contributed by atoms with Crippen molar-refractivity contribution >= 4 is 10.9 Å². The molecule has 3 heterocycles. The fourth-order valence-corrected chi connectivity index (χ4v) is 4.16. The van der Waals surface area contributed by atoms with Crippen molar-refractivity contribution < 1.29 is 5.11 Å². The molecular weight excluding hydrogens is 348 g/mol. The number of piperazine rings is 1. The molecule has 2 aromatic heterocycles. The number of hydrogen-bond donors (Lipinski definition) is 1. The lowest BCUT2D eigenvalue weighted by atomic mass is 10.1. The molecule has 1 saturated heterocycles. The van der Waals surface area contributed by atoms with Crippen molar-refractivity contribution in [1.82, 2.24) is 19.8 Å². The van der Waals surface area contributed by atoms with Crippen molar-refractivity contribution in [3.63, 3.8) is 0 Å². The smallest absolute Gasteiger partial charge is 0.0746 e. The summed E-state index contributed by atoms with van der Waals surface area (Å²) in [6, 6.07) is 17.1. The number of pyridine rings is 2. The highest BCUT2D eigenvalue weighted by atomic mass is 16.3. The molecule has 1 fully saturated rings. The molecule has 4 rings (SSSR count). The van der Waals surface area contributed by atoms with Crippen LogP contribution >= 0.6 is 0 Å². The van der Waals surface area contributed by atoms with E-state index >= 15 is 0 Å². The average Bonchev–Trinajstić information content (AvgIpc) is 2.70. The second-order valence-corrected chi connectivity index (χ2v) is 7.63. The van der Waals surface area contributed by atoms with Crippen molar-refractivity contribution in [2.75, 3.05) is 26.2 Å². The predicted molar refractivity (Wildman–Crippen MR) is 112 cm³/mol. The first kappa shape index (κ1) is 19.0. The Balaban J connectivity index is 1.46. The third-order valence-corrected chi connectivity index (χ3v) is 5.57. The van der Waals surface area contributed by atoms with Crippen LogP contribution < -0.4 is 0 Å². The van der Waals surface area contributed by atoms with Gasteiger partial charge in [0, 0.05) is 62.6 Å². The Hall–Kier alpha value is -2.34. The molecule has 1 atom stereocenters. The third-order valence-electron chi connectivity index (χ3n) is 5.57. The van der Waals surface area contributed by atoms with Crippen LogP contribution in [0.25, 0.3) is 10.9 Å². The fourth-order valence-electron chi connectivity index (χ4n) is 4.16. The number of nitrogens with zero attached hydrogens (tertiary/aromatic N) is 4. The van der Waals surface area contributed by atoms with Crippen molar-refractivity contribution in [3.05, 3.63) is 71.7 Å². The minimum Gasteiger partial charge on any atom is -0.396 e. The molecule has 0 bridgehead atoms. The Labute approximate surface area is 166 Å². The van der Waals surface area contributed by atoms with Gasteiger partial charge >= 0.3 is 0 Å². The van der Waals surface area contributed by atoms with Gasteiger partial charge in [0.15, 0.2) is 0 Å². The molecule has 28 heavy (non-hydrogen) atoms. The highest BCUT2D eigenvalue weighted by Crippen LogP contribution is 2.21. The topological polar surface area (TPSA) is 52.5 Å². The number of aliphatic hydroxyl groups is 1. The van der Waals surface area contributed by atoms with Crippen molar-refractivity contribution in [3.8, 4) is 0 Å². The molecule has 5 heteroatoms. The van der Waals surface area contributed by atoms with Crippen LogP contribution in [-0.4, -0.2) is 57.2 Å². The molecule has 0 radical (unpaired) electrons. The number of para-hydroxylation sites is 1. The van der Waals surface area contributed by atoms with Gasteiger partial charge < -0.3 is 5.11 Å². The van der Waals surface area contributed by atoms with E-state index in [2.05, 4.69) is 56.2 Å². The van der Waals surface area contributed by atoms with Gasteiger partial charge in [0.1, 0.15) is 0 Å². The van der Waals surface area contributed by atoms with Crippen LogP contribution in [0.5, 0.6) is 0 Å². The van der Waals surface area contributed by atoms with E-state index in [4.69, 9.17) is 0 Å². The van der Waals surface area contributed by atoms with E-state index in [-0.39, 0.29) is 6.61 Å². The highest BCUT2D eigenvalue weighted by Gasteiger charge is 2.27. The Morgan fingerprint density at radius 1 is 1.04 bits per heavy atom. The van der Waals surface area contributed by atoms with Crippen molar-refractivity contribution in [2.24, 2.45) is 0 Å². The van der Waals surface area contributed by atoms with E-state index in [0.717, 1.165) is 56.0 Å². The average molecular weight is 377 g/mol. The molecule has 0 amide bonds. The van der Waals surface area contributed by atoms with E-state index in [1.165, 1.54) is 10.9 Å². The summed E-state index contributed by atoms with van der Waals surface area (Å²) in [4.78, 5) is 14.2. The third kappa shape index (κ3) is 4.38. The largest absolute Gasteiger partial charge is 0.396 e. The summed E-state index contributed by atoms with van der Waals surface area (Å²) in [7, 11) is 0. The van der Waals surface area contributed by atoms with Crippen LogP contribution in [0.1, 0.15) is 23.4 Å². The number of benzene rings is 1. The van der Waals surface area contributed by atoms with Gasteiger partial charge in [-0.25, -0.2) is 0 Å². The van der Waals surface area contributed by atoms with Crippen molar-refractivity contribution in [2.45, 2.75) is 32.5 Å². The summed E-state index contributed by atoms with van der Waals surface area (Å²) in [6.07, 6.45) is 2.66. The SMILES string of the molecule is Cc1cccc(CN2CCN(Cc3cccc4cccnc34)C[C@H]2CCO)n1. The lowest BCUT2D eigenvalue weighted by molar-refractivity contribution is 0.0493. The maximum Gasteiger partial charge on any atom is 0.0746 e. The standard InChI is InChI=1S/C23H28N4O/c1-18-5-2-9-21(25-18)16-27-13-12-26(17-22(27)10-14-28)15-20-7-3-6-19-8-4-11-24-23(19)20/h2-9,11,22,28H,10,12-17H2,1H3/t22-/m1/s1. The molecule has 0 saturated carbocycles. The van der Waals surface area contributed by atoms with E-state index < -0.39 is 0 Å². The number of fused-ring (bicyclic) bond motifs is 1. The first-order chi connectivity index (χ1) is 13.7. The normalized spacial score (nSPS) is 18.6. The Morgan fingerprint density at radius 3 is 2.75 bits per heavy atom. The zero-order valence-electron chi connectivity index (χ0n) is 16.5. The molecule has 1 aliphatic heterocycles.